The van der Waals surface area contributed by atoms with Gasteiger partial charge in [0.25, 0.3) is 5.91 Å². The van der Waals surface area contributed by atoms with E-state index in [1.165, 1.54) is 7.11 Å². The van der Waals surface area contributed by atoms with Crippen molar-refractivity contribution in [3.05, 3.63) is 29.8 Å². The van der Waals surface area contributed by atoms with E-state index in [-0.39, 0.29) is 11.8 Å². The number of ether oxygens (including phenoxy) is 1. The first-order valence-electron chi connectivity index (χ1n) is 6.84. The smallest absolute Gasteiger partial charge is 0.255 e. The Labute approximate surface area is 129 Å². The van der Waals surface area contributed by atoms with Crippen molar-refractivity contribution in [2.24, 2.45) is 0 Å². The van der Waals surface area contributed by atoms with Gasteiger partial charge >= 0.3 is 0 Å². The first-order chi connectivity index (χ1) is 10.1. The van der Waals surface area contributed by atoms with Crippen LogP contribution in [0.4, 0.5) is 0 Å². The molecule has 0 aromatic heterocycles. The molecule has 0 spiro atoms. The second-order valence-electron chi connectivity index (χ2n) is 4.40. The highest BCUT2D eigenvalue weighted by atomic mass is 32.2. The van der Waals surface area contributed by atoms with Gasteiger partial charge in [-0.1, -0.05) is 12.1 Å². The Hall–Kier alpha value is -1.69. The van der Waals surface area contributed by atoms with E-state index in [4.69, 9.17) is 4.74 Å². The summed E-state index contributed by atoms with van der Waals surface area (Å²) in [5, 5.41) is 5.53. The lowest BCUT2D eigenvalue weighted by Crippen LogP contribution is -2.47. The highest BCUT2D eigenvalue weighted by molar-refractivity contribution is 7.98. The largest absolute Gasteiger partial charge is 0.496 e. The Balaban J connectivity index is 2.81. The molecule has 0 aliphatic rings. The van der Waals surface area contributed by atoms with Crippen LogP contribution in [0.15, 0.2) is 24.3 Å². The molecule has 0 saturated carbocycles. The molecule has 2 amide bonds. The zero-order valence-corrected chi connectivity index (χ0v) is 13.5. The minimum absolute atomic E-state index is 0.158. The van der Waals surface area contributed by atoms with E-state index in [9.17, 15) is 9.59 Å². The van der Waals surface area contributed by atoms with Gasteiger partial charge in [-0.05, 0) is 37.5 Å². The number of para-hydroxylation sites is 1. The van der Waals surface area contributed by atoms with Gasteiger partial charge < -0.3 is 15.4 Å². The summed E-state index contributed by atoms with van der Waals surface area (Å²) in [7, 11) is 1.51. The van der Waals surface area contributed by atoms with Crippen LogP contribution in [-0.2, 0) is 4.79 Å². The molecule has 1 rings (SSSR count). The van der Waals surface area contributed by atoms with Crippen molar-refractivity contribution in [3.63, 3.8) is 0 Å². The Morgan fingerprint density at radius 2 is 2.05 bits per heavy atom. The van der Waals surface area contributed by atoms with Crippen LogP contribution in [0.1, 0.15) is 23.7 Å². The Kier molecular flexibility index (Phi) is 7.68. The molecule has 0 fully saturated rings. The summed E-state index contributed by atoms with van der Waals surface area (Å²) in [5.74, 6) is 0.836. The number of benzene rings is 1. The summed E-state index contributed by atoms with van der Waals surface area (Å²) < 4.78 is 5.17. The van der Waals surface area contributed by atoms with Crippen LogP contribution in [0.2, 0.25) is 0 Å². The fourth-order valence-electron chi connectivity index (χ4n) is 1.87. The summed E-state index contributed by atoms with van der Waals surface area (Å²) in [4.78, 5) is 24.3. The molecule has 5 nitrogen and oxygen atoms in total. The van der Waals surface area contributed by atoms with E-state index in [1.807, 2.05) is 13.2 Å². The van der Waals surface area contributed by atoms with Gasteiger partial charge in [0, 0.05) is 6.54 Å². The third-order valence-electron chi connectivity index (χ3n) is 2.94. The fraction of sp³-hybridized carbons (Fsp3) is 0.467. The van der Waals surface area contributed by atoms with Crippen LogP contribution in [0.3, 0.4) is 0 Å². The molecule has 0 radical (unpaired) electrons. The summed E-state index contributed by atoms with van der Waals surface area (Å²) in [6, 6.07) is 6.43. The molecule has 1 aromatic carbocycles. The minimum atomic E-state index is -0.533. The van der Waals surface area contributed by atoms with Gasteiger partial charge in [0.2, 0.25) is 5.91 Å². The van der Waals surface area contributed by atoms with E-state index in [0.29, 0.717) is 24.3 Å². The molecule has 0 unspecified atom stereocenters. The summed E-state index contributed by atoms with van der Waals surface area (Å²) in [6.07, 6.45) is 2.56. The Morgan fingerprint density at radius 3 is 2.67 bits per heavy atom. The van der Waals surface area contributed by atoms with Crippen LogP contribution in [-0.4, -0.2) is 43.5 Å². The lowest BCUT2D eigenvalue weighted by molar-refractivity contribution is -0.122. The first-order valence-corrected chi connectivity index (χ1v) is 8.24. The standard InChI is InChI=1S/C15H22N2O3S/c1-4-16-15(19)12(9-10-21-3)17-14(18)11-7-5-6-8-13(11)20-2/h5-8,12H,4,9-10H2,1-3H3,(H,16,19)(H,17,18)/t12-/m0/s1. The predicted octanol–water partition coefficient (Wildman–Crippen LogP) is 1.68. The van der Waals surface area contributed by atoms with Gasteiger partial charge in [0.05, 0.1) is 12.7 Å². The summed E-state index contributed by atoms with van der Waals surface area (Å²) in [6.45, 7) is 2.39. The SMILES string of the molecule is CCNC(=O)[C@H](CCSC)NC(=O)c1ccccc1OC. The van der Waals surface area contributed by atoms with Crippen molar-refractivity contribution in [1.82, 2.24) is 10.6 Å². The molecule has 0 aliphatic carbocycles. The lowest BCUT2D eigenvalue weighted by Gasteiger charge is -2.18. The maximum absolute atomic E-state index is 12.3. The van der Waals surface area contributed by atoms with Crippen LogP contribution in [0.5, 0.6) is 5.75 Å². The first kappa shape index (κ1) is 17.4. The van der Waals surface area contributed by atoms with Crippen LogP contribution in [0, 0.1) is 0 Å². The average molecular weight is 310 g/mol. The molecule has 2 N–H and O–H groups in total. The van der Waals surface area contributed by atoms with Crippen molar-refractivity contribution < 1.29 is 14.3 Å². The topological polar surface area (TPSA) is 67.4 Å². The summed E-state index contributed by atoms with van der Waals surface area (Å²) in [5.41, 5.74) is 0.429. The van der Waals surface area contributed by atoms with Crippen LogP contribution < -0.4 is 15.4 Å². The molecule has 0 saturated heterocycles. The Bertz CT molecular complexity index is 480. The third-order valence-corrected chi connectivity index (χ3v) is 3.58. The molecule has 0 heterocycles. The van der Waals surface area contributed by atoms with Gasteiger partial charge in [-0.2, -0.15) is 11.8 Å². The number of carbonyl (C=O) groups excluding carboxylic acids is 2. The molecule has 0 bridgehead atoms. The maximum Gasteiger partial charge on any atom is 0.255 e. The van der Waals surface area contributed by atoms with Gasteiger partial charge in [0.15, 0.2) is 0 Å². The van der Waals surface area contributed by atoms with Gasteiger partial charge in [-0.25, -0.2) is 0 Å². The zero-order valence-electron chi connectivity index (χ0n) is 12.6. The van der Waals surface area contributed by atoms with E-state index in [2.05, 4.69) is 10.6 Å². The number of thioether (sulfide) groups is 1. The number of carbonyl (C=O) groups is 2. The second-order valence-corrected chi connectivity index (χ2v) is 5.39. The molecular weight excluding hydrogens is 288 g/mol. The van der Waals surface area contributed by atoms with Gasteiger partial charge in [0.1, 0.15) is 11.8 Å². The van der Waals surface area contributed by atoms with Crippen molar-refractivity contribution in [3.8, 4) is 5.75 Å². The number of hydrogen-bond donors (Lipinski definition) is 2. The van der Waals surface area contributed by atoms with Crippen molar-refractivity contribution in [1.29, 1.82) is 0 Å². The molecule has 6 heteroatoms. The fourth-order valence-corrected chi connectivity index (χ4v) is 2.34. The summed E-state index contributed by atoms with van der Waals surface area (Å²) >= 11 is 1.64. The van der Waals surface area contributed by atoms with Crippen LogP contribution >= 0.6 is 11.8 Å². The number of likely N-dealkylation sites (N-methyl/N-ethyl adjacent to an activating group) is 1. The van der Waals surface area contributed by atoms with Gasteiger partial charge in [-0.15, -0.1) is 0 Å². The van der Waals surface area contributed by atoms with E-state index in [1.54, 1.807) is 36.0 Å². The molecule has 1 aromatic rings. The van der Waals surface area contributed by atoms with E-state index in [0.717, 1.165) is 5.75 Å². The number of methoxy groups -OCH3 is 1. The molecule has 1 atom stereocenters. The van der Waals surface area contributed by atoms with Crippen molar-refractivity contribution in [2.45, 2.75) is 19.4 Å². The third kappa shape index (κ3) is 5.30. The number of nitrogens with one attached hydrogen (secondary N) is 2. The molecule has 21 heavy (non-hydrogen) atoms. The minimum Gasteiger partial charge on any atom is -0.496 e. The number of amides is 2. The highest BCUT2D eigenvalue weighted by Gasteiger charge is 2.21. The zero-order chi connectivity index (χ0) is 15.7. The molecule has 0 aliphatic heterocycles. The van der Waals surface area contributed by atoms with Crippen molar-refractivity contribution >= 4 is 23.6 Å². The highest BCUT2D eigenvalue weighted by Crippen LogP contribution is 2.17. The Morgan fingerprint density at radius 1 is 1.33 bits per heavy atom. The maximum atomic E-state index is 12.3. The van der Waals surface area contributed by atoms with Crippen LogP contribution in [0.25, 0.3) is 0 Å². The number of hydrogen-bond acceptors (Lipinski definition) is 4. The van der Waals surface area contributed by atoms with Gasteiger partial charge in [-0.3, -0.25) is 9.59 Å². The monoisotopic (exact) mass is 310 g/mol. The quantitative estimate of drug-likeness (QED) is 0.767. The molecular formula is C15H22N2O3S. The lowest BCUT2D eigenvalue weighted by atomic mass is 10.1. The number of rotatable bonds is 8. The van der Waals surface area contributed by atoms with Crippen molar-refractivity contribution in [2.75, 3.05) is 25.7 Å². The normalized spacial score (nSPS) is 11.6. The average Bonchev–Trinajstić information content (AvgIpc) is 2.51. The second kappa shape index (κ2) is 9.28. The van der Waals surface area contributed by atoms with E-state index < -0.39 is 6.04 Å². The van der Waals surface area contributed by atoms with E-state index >= 15 is 0 Å². The predicted molar refractivity (Wildman–Crippen MR) is 85.9 cm³/mol. The molecule has 116 valence electrons.